The summed E-state index contributed by atoms with van der Waals surface area (Å²) in [5.41, 5.74) is 0.543. The Labute approximate surface area is 106 Å². The van der Waals surface area contributed by atoms with Gasteiger partial charge in [-0.15, -0.1) is 6.58 Å². The van der Waals surface area contributed by atoms with Crippen LogP contribution in [-0.2, 0) is 0 Å². The second-order valence-electron chi connectivity index (χ2n) is 3.20. The topological polar surface area (TPSA) is 50.4 Å². The molecule has 0 aromatic heterocycles. The molecule has 0 saturated carbocycles. The van der Waals surface area contributed by atoms with Crippen LogP contribution in [0.2, 0.25) is 5.02 Å². The summed E-state index contributed by atoms with van der Waals surface area (Å²) in [5, 5.41) is 5.80. The average molecular weight is 255 g/mol. The molecule has 0 spiro atoms. The summed E-state index contributed by atoms with van der Waals surface area (Å²) in [6.07, 6.45) is 1.60. The van der Waals surface area contributed by atoms with Crippen LogP contribution in [0.4, 0.5) is 10.5 Å². The molecule has 1 aromatic rings. The molecule has 0 fully saturated rings. The van der Waals surface area contributed by atoms with Gasteiger partial charge in [-0.1, -0.05) is 17.7 Å². The van der Waals surface area contributed by atoms with Crippen molar-refractivity contribution in [2.45, 2.75) is 6.92 Å². The van der Waals surface area contributed by atoms with Crippen molar-refractivity contribution >= 4 is 23.3 Å². The lowest BCUT2D eigenvalue weighted by Crippen LogP contribution is -2.28. The van der Waals surface area contributed by atoms with Gasteiger partial charge in [0.05, 0.1) is 12.3 Å². The first-order valence-corrected chi connectivity index (χ1v) is 5.63. The zero-order valence-electron chi connectivity index (χ0n) is 9.63. The number of benzene rings is 1. The lowest BCUT2D eigenvalue weighted by Gasteiger charge is -2.12. The van der Waals surface area contributed by atoms with Crippen molar-refractivity contribution in [1.29, 1.82) is 0 Å². The Bertz CT molecular complexity index is 407. The molecule has 92 valence electrons. The van der Waals surface area contributed by atoms with Crippen LogP contribution >= 0.6 is 11.6 Å². The van der Waals surface area contributed by atoms with Crippen LogP contribution in [-0.4, -0.2) is 19.2 Å². The zero-order chi connectivity index (χ0) is 12.7. The maximum Gasteiger partial charge on any atom is 0.319 e. The second kappa shape index (κ2) is 6.81. The first kappa shape index (κ1) is 13.4. The highest BCUT2D eigenvalue weighted by Gasteiger charge is 2.07. The van der Waals surface area contributed by atoms with Gasteiger partial charge in [0.2, 0.25) is 0 Å². The van der Waals surface area contributed by atoms with Gasteiger partial charge in [-0.05, 0) is 25.1 Å². The van der Waals surface area contributed by atoms with Gasteiger partial charge in [0.25, 0.3) is 0 Å². The van der Waals surface area contributed by atoms with Crippen molar-refractivity contribution < 1.29 is 9.53 Å². The zero-order valence-corrected chi connectivity index (χ0v) is 10.4. The summed E-state index contributed by atoms with van der Waals surface area (Å²) in [6, 6.07) is 4.74. The third-order valence-electron chi connectivity index (χ3n) is 1.90. The Balaban J connectivity index is 2.76. The highest BCUT2D eigenvalue weighted by atomic mass is 35.5. The number of nitrogens with one attached hydrogen (secondary N) is 2. The Morgan fingerprint density at radius 3 is 3.00 bits per heavy atom. The van der Waals surface area contributed by atoms with E-state index in [1.54, 1.807) is 24.3 Å². The highest BCUT2D eigenvalue weighted by Crippen LogP contribution is 2.27. The lowest BCUT2D eigenvalue weighted by molar-refractivity contribution is 0.253. The van der Waals surface area contributed by atoms with Crippen LogP contribution in [0.1, 0.15) is 6.92 Å². The number of hydrogen-bond donors (Lipinski definition) is 2. The van der Waals surface area contributed by atoms with Crippen molar-refractivity contribution in [3.63, 3.8) is 0 Å². The van der Waals surface area contributed by atoms with Gasteiger partial charge in [0.15, 0.2) is 0 Å². The van der Waals surface area contributed by atoms with E-state index in [2.05, 4.69) is 17.2 Å². The van der Waals surface area contributed by atoms with Gasteiger partial charge in [-0.2, -0.15) is 0 Å². The Hall–Kier alpha value is -1.68. The quantitative estimate of drug-likeness (QED) is 0.794. The third kappa shape index (κ3) is 4.36. The molecule has 0 unspecified atom stereocenters. The summed E-state index contributed by atoms with van der Waals surface area (Å²) < 4.78 is 5.38. The van der Waals surface area contributed by atoms with Gasteiger partial charge in [0, 0.05) is 11.6 Å². The average Bonchev–Trinajstić information content (AvgIpc) is 2.30. The molecule has 0 aliphatic rings. The van der Waals surface area contributed by atoms with E-state index >= 15 is 0 Å². The number of carbonyl (C=O) groups is 1. The van der Waals surface area contributed by atoms with Crippen molar-refractivity contribution in [3.05, 3.63) is 35.9 Å². The van der Waals surface area contributed by atoms with E-state index < -0.39 is 0 Å². The molecular formula is C12H15ClN2O2. The number of urea groups is 1. The maximum absolute atomic E-state index is 11.5. The minimum absolute atomic E-state index is 0.326. The molecule has 0 saturated heterocycles. The number of carbonyl (C=O) groups excluding carboxylic acids is 1. The van der Waals surface area contributed by atoms with E-state index in [0.29, 0.717) is 29.6 Å². The molecule has 4 nitrogen and oxygen atoms in total. The summed E-state index contributed by atoms with van der Waals surface area (Å²) in [6.45, 7) is 6.30. The van der Waals surface area contributed by atoms with Crippen molar-refractivity contribution in [3.8, 4) is 5.75 Å². The molecule has 5 heteroatoms. The largest absolute Gasteiger partial charge is 0.492 e. The van der Waals surface area contributed by atoms with Gasteiger partial charge in [-0.3, -0.25) is 0 Å². The Kier molecular flexibility index (Phi) is 5.36. The Morgan fingerprint density at radius 2 is 2.35 bits per heavy atom. The first-order chi connectivity index (χ1) is 8.17. The van der Waals surface area contributed by atoms with Crippen LogP contribution in [0.25, 0.3) is 0 Å². The van der Waals surface area contributed by atoms with Gasteiger partial charge in [-0.25, -0.2) is 4.79 Å². The highest BCUT2D eigenvalue weighted by molar-refractivity contribution is 6.31. The SMILES string of the molecule is C=CCNC(=O)Nc1cc(Cl)ccc1OCC. The van der Waals surface area contributed by atoms with Crippen molar-refractivity contribution in [1.82, 2.24) is 5.32 Å². The van der Waals surface area contributed by atoms with E-state index in [1.165, 1.54) is 0 Å². The number of amides is 2. The van der Waals surface area contributed by atoms with E-state index in [4.69, 9.17) is 16.3 Å². The maximum atomic E-state index is 11.5. The number of ether oxygens (including phenoxy) is 1. The van der Waals surface area contributed by atoms with Crippen molar-refractivity contribution in [2.75, 3.05) is 18.5 Å². The summed E-state index contributed by atoms with van der Waals surface area (Å²) >= 11 is 5.86. The molecule has 1 rings (SSSR count). The fourth-order valence-electron chi connectivity index (χ4n) is 1.21. The van der Waals surface area contributed by atoms with E-state index in [9.17, 15) is 4.79 Å². The summed E-state index contributed by atoms with van der Waals surface area (Å²) in [7, 11) is 0. The number of halogens is 1. The number of hydrogen-bond acceptors (Lipinski definition) is 2. The van der Waals surface area contributed by atoms with Crippen LogP contribution in [0.3, 0.4) is 0 Å². The fourth-order valence-corrected chi connectivity index (χ4v) is 1.38. The van der Waals surface area contributed by atoms with Crippen molar-refractivity contribution in [2.24, 2.45) is 0 Å². The molecule has 0 aliphatic carbocycles. The molecule has 0 bridgehead atoms. The van der Waals surface area contributed by atoms with Crippen LogP contribution < -0.4 is 15.4 Å². The standard InChI is InChI=1S/C12H15ClN2O2/c1-3-7-14-12(16)15-10-8-9(13)5-6-11(10)17-4-2/h3,5-6,8H,1,4,7H2,2H3,(H2,14,15,16). The molecule has 0 radical (unpaired) electrons. The normalized spacial score (nSPS) is 9.53. The molecule has 0 atom stereocenters. The number of anilines is 1. The molecule has 0 aliphatic heterocycles. The molecule has 2 N–H and O–H groups in total. The predicted octanol–water partition coefficient (Wildman–Crippen LogP) is 3.05. The molecule has 0 heterocycles. The van der Waals surface area contributed by atoms with Gasteiger partial charge in [0.1, 0.15) is 5.75 Å². The fraction of sp³-hybridized carbons (Fsp3) is 0.250. The lowest BCUT2D eigenvalue weighted by atomic mass is 10.3. The van der Waals surface area contributed by atoms with Gasteiger partial charge >= 0.3 is 6.03 Å². The molecule has 17 heavy (non-hydrogen) atoms. The molecule has 1 aromatic carbocycles. The Morgan fingerprint density at radius 1 is 1.59 bits per heavy atom. The summed E-state index contributed by atoms with van der Waals surface area (Å²) in [4.78, 5) is 11.5. The second-order valence-corrected chi connectivity index (χ2v) is 3.63. The number of rotatable bonds is 5. The monoisotopic (exact) mass is 254 g/mol. The molecule has 2 amide bonds. The minimum Gasteiger partial charge on any atom is -0.492 e. The van der Waals surface area contributed by atoms with Crippen LogP contribution in [0.5, 0.6) is 5.75 Å². The molecular weight excluding hydrogens is 240 g/mol. The predicted molar refractivity (Wildman–Crippen MR) is 69.8 cm³/mol. The first-order valence-electron chi connectivity index (χ1n) is 5.25. The summed E-state index contributed by atoms with van der Waals surface area (Å²) in [5.74, 6) is 0.589. The van der Waals surface area contributed by atoms with E-state index in [1.807, 2.05) is 6.92 Å². The van der Waals surface area contributed by atoms with Gasteiger partial charge < -0.3 is 15.4 Å². The third-order valence-corrected chi connectivity index (χ3v) is 2.13. The minimum atomic E-state index is -0.326. The van der Waals surface area contributed by atoms with E-state index in [0.717, 1.165) is 0 Å². The smallest absolute Gasteiger partial charge is 0.319 e. The van der Waals surface area contributed by atoms with Crippen LogP contribution in [0.15, 0.2) is 30.9 Å². The van der Waals surface area contributed by atoms with Crippen LogP contribution in [0, 0.1) is 0 Å². The van der Waals surface area contributed by atoms with E-state index in [-0.39, 0.29) is 6.03 Å².